The molecule has 2 atom stereocenters. The SMILES string of the molecule is C[C@H]1CN(C[C@H](CC(=O)N2CCc3c(cccc3C(F)(F)F)C2)N(C(=O)O)C(C)(C)C)C(=O)CO1. The van der Waals surface area contributed by atoms with Crippen LogP contribution in [0, 0.1) is 0 Å². The van der Waals surface area contributed by atoms with Crippen molar-refractivity contribution in [2.75, 3.05) is 26.2 Å². The number of hydrogen-bond acceptors (Lipinski definition) is 4. The second-order valence-electron chi connectivity index (χ2n) is 10.1. The Morgan fingerprint density at radius 2 is 1.94 bits per heavy atom. The molecule has 2 aliphatic rings. The summed E-state index contributed by atoms with van der Waals surface area (Å²) in [6.45, 7) is 7.22. The number of halogens is 3. The molecule has 1 aromatic carbocycles. The number of ether oxygens (including phenoxy) is 1. The number of hydrogen-bond donors (Lipinski definition) is 1. The predicted molar refractivity (Wildman–Crippen MR) is 121 cm³/mol. The summed E-state index contributed by atoms with van der Waals surface area (Å²) in [4.78, 5) is 42.0. The van der Waals surface area contributed by atoms with Crippen molar-refractivity contribution in [2.45, 2.75) is 70.9 Å². The first kappa shape index (κ1) is 26.8. The standard InChI is InChI=1S/C24H32F3N3O5/c1-15-11-29(21(32)14-35-15)13-17(30(22(33)34)23(2,3)4)10-20(31)28-9-8-18-16(12-28)6-5-7-19(18)24(25,26)27/h5-7,15,17H,8-14H2,1-4H3,(H,33,34)/t15-,17-/m0/s1. The number of rotatable bonds is 5. The fraction of sp³-hybridized carbons (Fsp3) is 0.625. The lowest BCUT2D eigenvalue weighted by Gasteiger charge is -2.43. The van der Waals surface area contributed by atoms with Gasteiger partial charge in [0.05, 0.1) is 17.7 Å². The molecule has 2 aliphatic heterocycles. The molecule has 35 heavy (non-hydrogen) atoms. The van der Waals surface area contributed by atoms with E-state index in [1.807, 2.05) is 0 Å². The highest BCUT2D eigenvalue weighted by molar-refractivity contribution is 5.80. The Hall–Kier alpha value is -2.82. The van der Waals surface area contributed by atoms with Crippen LogP contribution in [0.1, 0.15) is 50.8 Å². The van der Waals surface area contributed by atoms with Gasteiger partial charge >= 0.3 is 12.3 Å². The minimum absolute atomic E-state index is 0.0148. The van der Waals surface area contributed by atoms with Crippen LogP contribution in [-0.2, 0) is 33.5 Å². The van der Waals surface area contributed by atoms with Gasteiger partial charge in [0.15, 0.2) is 0 Å². The highest BCUT2D eigenvalue weighted by Gasteiger charge is 2.39. The Balaban J connectivity index is 1.83. The quantitative estimate of drug-likeness (QED) is 0.671. The number of carbonyl (C=O) groups excluding carboxylic acids is 2. The smallest absolute Gasteiger partial charge is 0.416 e. The van der Waals surface area contributed by atoms with Crippen molar-refractivity contribution in [2.24, 2.45) is 0 Å². The predicted octanol–water partition coefficient (Wildman–Crippen LogP) is 3.37. The van der Waals surface area contributed by atoms with Crippen molar-refractivity contribution >= 4 is 17.9 Å². The molecule has 8 nitrogen and oxygen atoms in total. The van der Waals surface area contributed by atoms with Gasteiger partial charge in [0, 0.05) is 38.1 Å². The molecule has 0 radical (unpaired) electrons. The van der Waals surface area contributed by atoms with Gasteiger partial charge in [-0.25, -0.2) is 4.79 Å². The highest BCUT2D eigenvalue weighted by atomic mass is 19.4. The number of benzene rings is 1. The Labute approximate surface area is 202 Å². The van der Waals surface area contributed by atoms with E-state index in [1.165, 1.54) is 20.8 Å². The lowest BCUT2D eigenvalue weighted by molar-refractivity contribution is -0.150. The molecular formula is C24H32F3N3O5. The summed E-state index contributed by atoms with van der Waals surface area (Å²) >= 11 is 0. The third-order valence-corrected chi connectivity index (χ3v) is 6.38. The van der Waals surface area contributed by atoms with E-state index in [0.717, 1.165) is 6.07 Å². The third kappa shape index (κ3) is 6.25. The Bertz CT molecular complexity index is 976. The van der Waals surface area contributed by atoms with E-state index in [0.29, 0.717) is 5.56 Å². The van der Waals surface area contributed by atoms with Gasteiger partial charge in [-0.1, -0.05) is 12.1 Å². The molecule has 1 saturated heterocycles. The first-order chi connectivity index (χ1) is 16.2. The lowest BCUT2D eigenvalue weighted by atomic mass is 9.93. The monoisotopic (exact) mass is 499 g/mol. The van der Waals surface area contributed by atoms with Gasteiger partial charge in [-0.15, -0.1) is 0 Å². The molecule has 0 aromatic heterocycles. The van der Waals surface area contributed by atoms with E-state index < -0.39 is 29.4 Å². The maximum absolute atomic E-state index is 13.4. The summed E-state index contributed by atoms with van der Waals surface area (Å²) in [5.74, 6) is -0.659. The molecule has 3 amide bonds. The van der Waals surface area contributed by atoms with Gasteiger partial charge in [-0.05, 0) is 51.3 Å². The van der Waals surface area contributed by atoms with Crippen LogP contribution < -0.4 is 0 Å². The van der Waals surface area contributed by atoms with Crippen molar-refractivity contribution in [3.05, 3.63) is 34.9 Å². The highest BCUT2D eigenvalue weighted by Crippen LogP contribution is 2.35. The van der Waals surface area contributed by atoms with Crippen LogP contribution in [0.25, 0.3) is 0 Å². The van der Waals surface area contributed by atoms with Gasteiger partial charge in [0.1, 0.15) is 6.61 Å². The number of carbonyl (C=O) groups is 3. The number of nitrogens with zero attached hydrogens (tertiary/aromatic N) is 3. The normalized spacial score (nSPS) is 19.9. The lowest BCUT2D eigenvalue weighted by Crippen LogP contribution is -2.58. The molecule has 0 aliphatic carbocycles. The van der Waals surface area contributed by atoms with Crippen LogP contribution in [0.15, 0.2) is 18.2 Å². The second-order valence-corrected chi connectivity index (χ2v) is 10.1. The zero-order valence-electron chi connectivity index (χ0n) is 20.4. The maximum atomic E-state index is 13.4. The minimum atomic E-state index is -4.47. The first-order valence-electron chi connectivity index (χ1n) is 11.6. The van der Waals surface area contributed by atoms with E-state index in [1.54, 1.807) is 33.8 Å². The largest absolute Gasteiger partial charge is 0.465 e. The van der Waals surface area contributed by atoms with Crippen molar-refractivity contribution < 1.29 is 37.4 Å². The van der Waals surface area contributed by atoms with E-state index >= 15 is 0 Å². The van der Waals surface area contributed by atoms with Crippen molar-refractivity contribution in [1.29, 1.82) is 0 Å². The maximum Gasteiger partial charge on any atom is 0.416 e. The Morgan fingerprint density at radius 3 is 2.54 bits per heavy atom. The molecule has 1 fully saturated rings. The second kappa shape index (κ2) is 10.0. The summed E-state index contributed by atoms with van der Waals surface area (Å²) in [5, 5.41) is 9.95. The fourth-order valence-electron chi connectivity index (χ4n) is 4.85. The van der Waals surface area contributed by atoms with Crippen molar-refractivity contribution in [1.82, 2.24) is 14.7 Å². The molecule has 3 rings (SSSR count). The zero-order valence-corrected chi connectivity index (χ0v) is 20.4. The summed E-state index contributed by atoms with van der Waals surface area (Å²) in [6.07, 6.45) is -6.06. The molecule has 0 saturated carbocycles. The van der Waals surface area contributed by atoms with Crippen LogP contribution >= 0.6 is 0 Å². The van der Waals surface area contributed by atoms with E-state index in [4.69, 9.17) is 4.74 Å². The molecule has 0 spiro atoms. The van der Waals surface area contributed by atoms with Crippen LogP contribution in [0.2, 0.25) is 0 Å². The van der Waals surface area contributed by atoms with Crippen LogP contribution in [0.5, 0.6) is 0 Å². The van der Waals surface area contributed by atoms with Crippen molar-refractivity contribution in [3.8, 4) is 0 Å². The summed E-state index contributed by atoms with van der Waals surface area (Å²) in [7, 11) is 0. The number of carboxylic acid groups (broad SMARTS) is 1. The van der Waals surface area contributed by atoms with Gasteiger partial charge in [0.25, 0.3) is 0 Å². The Kier molecular flexibility index (Phi) is 7.68. The molecule has 2 heterocycles. The molecule has 1 aromatic rings. The summed E-state index contributed by atoms with van der Waals surface area (Å²) < 4.78 is 45.5. The number of alkyl halides is 3. The first-order valence-corrected chi connectivity index (χ1v) is 11.6. The average molecular weight is 500 g/mol. The molecule has 194 valence electrons. The number of amides is 3. The van der Waals surface area contributed by atoms with E-state index in [2.05, 4.69) is 0 Å². The molecule has 11 heteroatoms. The molecule has 0 unspecified atom stereocenters. The molecule has 0 bridgehead atoms. The fourth-order valence-corrected chi connectivity index (χ4v) is 4.85. The van der Waals surface area contributed by atoms with Crippen molar-refractivity contribution in [3.63, 3.8) is 0 Å². The third-order valence-electron chi connectivity index (χ3n) is 6.38. The summed E-state index contributed by atoms with van der Waals surface area (Å²) in [6, 6.07) is 3.11. The minimum Gasteiger partial charge on any atom is -0.465 e. The number of morpholine rings is 1. The summed E-state index contributed by atoms with van der Waals surface area (Å²) in [5.41, 5.74) is -0.924. The molecular weight excluding hydrogens is 467 g/mol. The van der Waals surface area contributed by atoms with E-state index in [9.17, 15) is 32.7 Å². The van der Waals surface area contributed by atoms with Gasteiger partial charge in [-0.3, -0.25) is 14.5 Å². The van der Waals surface area contributed by atoms with Gasteiger partial charge in [0.2, 0.25) is 11.8 Å². The van der Waals surface area contributed by atoms with Crippen LogP contribution in [0.4, 0.5) is 18.0 Å². The van der Waals surface area contributed by atoms with Crippen LogP contribution in [-0.4, -0.2) is 81.6 Å². The van der Waals surface area contributed by atoms with Gasteiger partial charge in [-0.2, -0.15) is 13.2 Å². The number of fused-ring (bicyclic) bond motifs is 1. The average Bonchev–Trinajstić information content (AvgIpc) is 2.73. The zero-order chi connectivity index (χ0) is 26.1. The topological polar surface area (TPSA) is 90.4 Å². The van der Waals surface area contributed by atoms with Gasteiger partial charge < -0.3 is 19.6 Å². The van der Waals surface area contributed by atoms with E-state index in [-0.39, 0.29) is 69.1 Å². The Morgan fingerprint density at radius 1 is 1.26 bits per heavy atom. The van der Waals surface area contributed by atoms with Crippen LogP contribution in [0.3, 0.4) is 0 Å². The molecule has 1 N–H and O–H groups in total.